The van der Waals surface area contributed by atoms with E-state index in [0.29, 0.717) is 16.9 Å². The maximum atomic E-state index is 13.5. The van der Waals surface area contributed by atoms with Crippen molar-refractivity contribution in [2.24, 2.45) is 0 Å². The number of carbonyl (C=O) groups is 1. The fourth-order valence-corrected chi connectivity index (χ4v) is 2.34. The molecule has 2 aromatic rings. The Balaban J connectivity index is 2.27. The molecule has 0 N–H and O–H groups in total. The Bertz CT molecular complexity index is 653. The molecular weight excluding hydrogens is 323 g/mol. The van der Waals surface area contributed by atoms with E-state index in [0.717, 1.165) is 10.0 Å². The normalized spacial score (nSPS) is 10.4. The van der Waals surface area contributed by atoms with E-state index in [1.807, 2.05) is 12.1 Å². The van der Waals surface area contributed by atoms with E-state index < -0.39 is 0 Å². The van der Waals surface area contributed by atoms with Crippen LogP contribution in [0.2, 0.25) is 0 Å². The third-order valence-electron chi connectivity index (χ3n) is 3.09. The summed E-state index contributed by atoms with van der Waals surface area (Å²) in [6, 6.07) is 10.0. The lowest BCUT2D eigenvalue weighted by Crippen LogP contribution is -2.06. The number of ketones is 1. The number of aryl methyl sites for hydroxylation is 1. The average molecular weight is 337 g/mol. The molecule has 0 fully saturated rings. The highest BCUT2D eigenvalue weighted by Gasteiger charge is 2.12. The van der Waals surface area contributed by atoms with Crippen LogP contribution in [0.25, 0.3) is 0 Å². The van der Waals surface area contributed by atoms with Crippen molar-refractivity contribution in [3.63, 3.8) is 0 Å². The topological polar surface area (TPSA) is 26.3 Å². The predicted octanol–water partition coefficient (Wildman–Crippen LogP) is 4.33. The number of carbonyl (C=O) groups excluding carboxylic acids is 1. The molecule has 0 aliphatic rings. The Morgan fingerprint density at radius 1 is 1.25 bits per heavy atom. The standard InChI is InChI=1S/C16H14BrFO2/c1-10-3-4-11(8-14(10)18)15(19)9-12-7-13(17)5-6-16(12)20-2/h3-8H,9H2,1-2H3. The molecule has 20 heavy (non-hydrogen) atoms. The van der Waals surface area contributed by atoms with Gasteiger partial charge in [0.15, 0.2) is 5.78 Å². The van der Waals surface area contributed by atoms with Gasteiger partial charge in [-0.2, -0.15) is 0 Å². The van der Waals surface area contributed by atoms with Crippen LogP contribution in [0.1, 0.15) is 21.5 Å². The van der Waals surface area contributed by atoms with Crippen molar-refractivity contribution < 1.29 is 13.9 Å². The molecule has 0 amide bonds. The van der Waals surface area contributed by atoms with Gasteiger partial charge in [-0.05, 0) is 36.8 Å². The Labute approximate surface area is 125 Å². The highest BCUT2D eigenvalue weighted by molar-refractivity contribution is 9.10. The van der Waals surface area contributed by atoms with Crippen LogP contribution < -0.4 is 4.74 Å². The van der Waals surface area contributed by atoms with Crippen molar-refractivity contribution in [1.82, 2.24) is 0 Å². The summed E-state index contributed by atoms with van der Waals surface area (Å²) < 4.78 is 19.6. The van der Waals surface area contributed by atoms with Crippen LogP contribution in [-0.2, 0) is 6.42 Å². The summed E-state index contributed by atoms with van der Waals surface area (Å²) in [6.45, 7) is 1.67. The van der Waals surface area contributed by atoms with E-state index in [1.54, 1.807) is 32.2 Å². The second-order valence-corrected chi connectivity index (χ2v) is 5.44. The SMILES string of the molecule is COc1ccc(Br)cc1CC(=O)c1ccc(C)c(F)c1. The van der Waals surface area contributed by atoms with Gasteiger partial charge in [-0.3, -0.25) is 4.79 Å². The van der Waals surface area contributed by atoms with Crippen molar-refractivity contribution in [3.05, 3.63) is 63.4 Å². The van der Waals surface area contributed by atoms with E-state index in [-0.39, 0.29) is 18.0 Å². The number of halogens is 2. The van der Waals surface area contributed by atoms with Gasteiger partial charge in [-0.25, -0.2) is 4.39 Å². The number of methoxy groups -OCH3 is 1. The van der Waals surface area contributed by atoms with Crippen molar-refractivity contribution in [2.75, 3.05) is 7.11 Å². The molecule has 2 rings (SSSR count). The number of ether oxygens (including phenoxy) is 1. The summed E-state index contributed by atoms with van der Waals surface area (Å²) in [5, 5.41) is 0. The maximum absolute atomic E-state index is 13.5. The Hall–Kier alpha value is -1.68. The summed E-state index contributed by atoms with van der Waals surface area (Å²) in [7, 11) is 1.56. The first-order chi connectivity index (χ1) is 9.51. The first-order valence-electron chi connectivity index (χ1n) is 6.13. The van der Waals surface area contributed by atoms with Crippen molar-refractivity contribution in [3.8, 4) is 5.75 Å². The molecule has 0 unspecified atom stereocenters. The van der Waals surface area contributed by atoms with Crippen LogP contribution in [-0.4, -0.2) is 12.9 Å². The largest absolute Gasteiger partial charge is 0.496 e. The van der Waals surface area contributed by atoms with Crippen LogP contribution in [0.3, 0.4) is 0 Å². The van der Waals surface area contributed by atoms with E-state index in [9.17, 15) is 9.18 Å². The van der Waals surface area contributed by atoms with Gasteiger partial charge in [-0.15, -0.1) is 0 Å². The number of hydrogen-bond donors (Lipinski definition) is 0. The third kappa shape index (κ3) is 3.25. The average Bonchev–Trinajstić information content (AvgIpc) is 2.42. The van der Waals surface area contributed by atoms with Crippen LogP contribution in [0.15, 0.2) is 40.9 Å². The number of rotatable bonds is 4. The van der Waals surface area contributed by atoms with Gasteiger partial charge in [0.25, 0.3) is 0 Å². The number of benzene rings is 2. The molecule has 2 nitrogen and oxygen atoms in total. The summed E-state index contributed by atoms with van der Waals surface area (Å²) >= 11 is 3.37. The summed E-state index contributed by atoms with van der Waals surface area (Å²) in [5.41, 5.74) is 1.67. The van der Waals surface area contributed by atoms with Gasteiger partial charge in [-0.1, -0.05) is 28.1 Å². The lowest BCUT2D eigenvalue weighted by molar-refractivity contribution is 0.0991. The van der Waals surface area contributed by atoms with Gasteiger partial charge >= 0.3 is 0 Å². The fourth-order valence-electron chi connectivity index (χ4n) is 1.93. The van der Waals surface area contributed by atoms with Gasteiger partial charge in [0.2, 0.25) is 0 Å². The summed E-state index contributed by atoms with van der Waals surface area (Å²) in [6.07, 6.45) is 0.172. The first kappa shape index (κ1) is 14.7. The molecule has 0 bridgehead atoms. The zero-order valence-corrected chi connectivity index (χ0v) is 12.8. The molecule has 2 aromatic carbocycles. The lowest BCUT2D eigenvalue weighted by atomic mass is 10.0. The van der Waals surface area contributed by atoms with Gasteiger partial charge in [0, 0.05) is 22.0 Å². The monoisotopic (exact) mass is 336 g/mol. The molecule has 0 saturated heterocycles. The maximum Gasteiger partial charge on any atom is 0.167 e. The minimum Gasteiger partial charge on any atom is -0.496 e. The molecule has 0 heterocycles. The van der Waals surface area contributed by atoms with Crippen molar-refractivity contribution >= 4 is 21.7 Å². The van der Waals surface area contributed by atoms with Gasteiger partial charge in [0.1, 0.15) is 11.6 Å². The van der Waals surface area contributed by atoms with E-state index in [1.165, 1.54) is 6.07 Å². The minimum absolute atomic E-state index is 0.139. The van der Waals surface area contributed by atoms with E-state index in [4.69, 9.17) is 4.74 Å². The molecule has 0 radical (unpaired) electrons. The molecule has 104 valence electrons. The van der Waals surface area contributed by atoms with E-state index >= 15 is 0 Å². The van der Waals surface area contributed by atoms with Crippen molar-refractivity contribution in [1.29, 1.82) is 0 Å². The molecule has 0 aliphatic carbocycles. The van der Waals surface area contributed by atoms with Crippen LogP contribution in [0, 0.1) is 12.7 Å². The second kappa shape index (κ2) is 6.18. The minimum atomic E-state index is -0.364. The molecule has 0 saturated carbocycles. The Morgan fingerprint density at radius 2 is 2.00 bits per heavy atom. The van der Waals surface area contributed by atoms with Crippen LogP contribution >= 0.6 is 15.9 Å². The second-order valence-electron chi connectivity index (χ2n) is 4.52. The quantitative estimate of drug-likeness (QED) is 0.776. The molecular formula is C16H14BrFO2. The highest BCUT2D eigenvalue weighted by atomic mass is 79.9. The third-order valence-corrected chi connectivity index (χ3v) is 3.58. The molecule has 4 heteroatoms. The van der Waals surface area contributed by atoms with Gasteiger partial charge < -0.3 is 4.74 Å². The highest BCUT2D eigenvalue weighted by Crippen LogP contribution is 2.24. The van der Waals surface area contributed by atoms with Crippen molar-refractivity contribution in [2.45, 2.75) is 13.3 Å². The molecule has 0 aliphatic heterocycles. The summed E-state index contributed by atoms with van der Waals surface area (Å²) in [4.78, 5) is 12.2. The summed E-state index contributed by atoms with van der Waals surface area (Å²) in [5.74, 6) is 0.145. The predicted molar refractivity (Wildman–Crippen MR) is 79.9 cm³/mol. The molecule has 0 spiro atoms. The number of hydrogen-bond acceptors (Lipinski definition) is 2. The zero-order valence-electron chi connectivity index (χ0n) is 11.2. The zero-order chi connectivity index (χ0) is 14.7. The Morgan fingerprint density at radius 3 is 2.65 bits per heavy atom. The molecule has 0 aromatic heterocycles. The van der Waals surface area contributed by atoms with Crippen LogP contribution in [0.5, 0.6) is 5.75 Å². The fraction of sp³-hybridized carbons (Fsp3) is 0.188. The first-order valence-corrected chi connectivity index (χ1v) is 6.92. The van der Waals surface area contributed by atoms with Crippen LogP contribution in [0.4, 0.5) is 4.39 Å². The molecule has 0 atom stereocenters. The lowest BCUT2D eigenvalue weighted by Gasteiger charge is -2.09. The Kier molecular flexibility index (Phi) is 4.55. The van der Waals surface area contributed by atoms with Gasteiger partial charge in [0.05, 0.1) is 7.11 Å². The smallest absolute Gasteiger partial charge is 0.167 e. The van der Waals surface area contributed by atoms with E-state index in [2.05, 4.69) is 15.9 Å². The number of Topliss-reactive ketones (excluding diaryl/α,β-unsaturated/α-hetero) is 1.